The molecule has 0 unspecified atom stereocenters. The van der Waals surface area contributed by atoms with Crippen LogP contribution in [0.2, 0.25) is 0 Å². The molecule has 25 heavy (non-hydrogen) atoms. The molecular formula is C16H25N3O6. The maximum absolute atomic E-state index is 12.5. The number of amides is 2. The zero-order valence-corrected chi connectivity index (χ0v) is 14.1. The van der Waals surface area contributed by atoms with Crippen molar-refractivity contribution < 1.29 is 29.4 Å². The van der Waals surface area contributed by atoms with E-state index in [-0.39, 0.29) is 18.9 Å². The summed E-state index contributed by atoms with van der Waals surface area (Å²) in [5.74, 6) is -3.85. The Kier molecular flexibility index (Phi) is 6.74. The van der Waals surface area contributed by atoms with Gasteiger partial charge < -0.3 is 25.7 Å². The van der Waals surface area contributed by atoms with Crippen LogP contribution in [0.15, 0.2) is 0 Å². The Balaban J connectivity index is 2.17. The average Bonchev–Trinajstić information content (AvgIpc) is 3.04. The topological polar surface area (TPSA) is 136 Å². The van der Waals surface area contributed by atoms with Gasteiger partial charge in [-0.25, -0.2) is 4.79 Å². The second kappa shape index (κ2) is 8.80. The van der Waals surface area contributed by atoms with E-state index in [1.54, 1.807) is 0 Å². The number of rotatable bonds is 2. The smallest absolute Gasteiger partial charge is 0.326 e. The van der Waals surface area contributed by atoms with Crippen LogP contribution in [-0.4, -0.2) is 70.6 Å². The molecule has 0 spiro atoms. The van der Waals surface area contributed by atoms with Gasteiger partial charge in [-0.2, -0.15) is 0 Å². The van der Waals surface area contributed by atoms with Crippen molar-refractivity contribution in [1.29, 1.82) is 0 Å². The third-order valence-electron chi connectivity index (χ3n) is 4.79. The van der Waals surface area contributed by atoms with E-state index in [1.165, 1.54) is 4.90 Å². The summed E-state index contributed by atoms with van der Waals surface area (Å²) in [5.41, 5.74) is 0. The first-order valence-corrected chi connectivity index (χ1v) is 8.66. The summed E-state index contributed by atoms with van der Waals surface area (Å²) in [6.45, 7) is 1.16. The first kappa shape index (κ1) is 19.2. The number of hydrogen-bond donors (Lipinski definition) is 4. The Bertz CT molecular complexity index is 538. The lowest BCUT2D eigenvalue weighted by Gasteiger charge is -2.27. The summed E-state index contributed by atoms with van der Waals surface area (Å²) < 4.78 is 0. The molecule has 0 aliphatic carbocycles. The van der Waals surface area contributed by atoms with Crippen molar-refractivity contribution in [3.8, 4) is 0 Å². The maximum atomic E-state index is 12.5. The predicted molar refractivity (Wildman–Crippen MR) is 86.8 cm³/mol. The van der Waals surface area contributed by atoms with Crippen LogP contribution in [0.4, 0.5) is 0 Å². The van der Waals surface area contributed by atoms with Crippen molar-refractivity contribution in [2.45, 2.75) is 50.6 Å². The number of nitrogens with zero attached hydrogens (tertiary/aromatic N) is 1. The van der Waals surface area contributed by atoms with Crippen molar-refractivity contribution in [2.75, 3.05) is 19.6 Å². The summed E-state index contributed by atoms with van der Waals surface area (Å²) in [6.07, 6.45) is 2.63. The Morgan fingerprint density at radius 2 is 1.80 bits per heavy atom. The Hall–Kier alpha value is -2.16. The van der Waals surface area contributed by atoms with Crippen LogP contribution in [0.3, 0.4) is 0 Å². The van der Waals surface area contributed by atoms with E-state index in [9.17, 15) is 29.4 Å². The molecule has 0 radical (unpaired) electrons. The number of carboxylic acids is 2. The molecule has 0 aromatic rings. The van der Waals surface area contributed by atoms with E-state index in [1.807, 2.05) is 0 Å². The SMILES string of the molecule is O=C(O)[C@H]1CCCCNCC(=O)N2CCC[C@H]2C(=O)N[C@H](C(=O)O)C1. The van der Waals surface area contributed by atoms with Crippen LogP contribution in [0.25, 0.3) is 0 Å². The number of carbonyl (C=O) groups excluding carboxylic acids is 2. The Labute approximate surface area is 145 Å². The predicted octanol–water partition coefficient (Wildman–Crippen LogP) is -0.589. The van der Waals surface area contributed by atoms with E-state index in [0.717, 1.165) is 0 Å². The fourth-order valence-electron chi connectivity index (χ4n) is 3.39. The molecule has 9 nitrogen and oxygen atoms in total. The van der Waals surface area contributed by atoms with Crippen molar-refractivity contribution in [1.82, 2.24) is 15.5 Å². The first-order chi connectivity index (χ1) is 11.9. The fraction of sp³-hybridized carbons (Fsp3) is 0.750. The van der Waals surface area contributed by atoms with Gasteiger partial charge in [-0.05, 0) is 38.6 Å². The number of hydrogen-bond acceptors (Lipinski definition) is 5. The highest BCUT2D eigenvalue weighted by Crippen LogP contribution is 2.20. The molecule has 0 bridgehead atoms. The minimum absolute atomic E-state index is 0.120. The lowest BCUT2D eigenvalue weighted by molar-refractivity contribution is -0.146. The Morgan fingerprint density at radius 3 is 2.48 bits per heavy atom. The number of aliphatic carboxylic acids is 2. The normalized spacial score (nSPS) is 29.4. The van der Waals surface area contributed by atoms with E-state index in [0.29, 0.717) is 45.2 Å². The molecule has 2 fully saturated rings. The zero-order valence-electron chi connectivity index (χ0n) is 14.1. The Morgan fingerprint density at radius 1 is 1.04 bits per heavy atom. The third-order valence-corrected chi connectivity index (χ3v) is 4.79. The molecule has 4 N–H and O–H groups in total. The molecule has 2 saturated heterocycles. The monoisotopic (exact) mass is 355 g/mol. The summed E-state index contributed by atoms with van der Waals surface area (Å²) in [4.78, 5) is 49.1. The van der Waals surface area contributed by atoms with Crippen LogP contribution in [0, 0.1) is 5.92 Å². The fourth-order valence-corrected chi connectivity index (χ4v) is 3.39. The minimum atomic E-state index is -1.27. The molecule has 0 saturated carbocycles. The third kappa shape index (κ3) is 5.15. The van der Waals surface area contributed by atoms with E-state index in [2.05, 4.69) is 10.6 Å². The summed E-state index contributed by atoms with van der Waals surface area (Å²) >= 11 is 0. The van der Waals surface area contributed by atoms with Crippen LogP contribution in [0.1, 0.15) is 38.5 Å². The number of carboxylic acid groups (broad SMARTS) is 2. The van der Waals surface area contributed by atoms with E-state index in [4.69, 9.17) is 0 Å². The number of fused-ring (bicyclic) bond motifs is 1. The molecule has 2 aliphatic rings. The summed E-state index contributed by atoms with van der Waals surface area (Å²) in [6, 6.07) is -1.96. The van der Waals surface area contributed by atoms with Gasteiger partial charge in [0.25, 0.3) is 0 Å². The molecule has 0 aromatic carbocycles. The van der Waals surface area contributed by atoms with Crippen molar-refractivity contribution in [2.24, 2.45) is 5.92 Å². The van der Waals surface area contributed by atoms with E-state index >= 15 is 0 Å². The first-order valence-electron chi connectivity index (χ1n) is 8.66. The highest BCUT2D eigenvalue weighted by Gasteiger charge is 2.36. The number of nitrogens with one attached hydrogen (secondary N) is 2. The quantitative estimate of drug-likeness (QED) is 0.520. The summed E-state index contributed by atoms with van der Waals surface area (Å²) in [5, 5.41) is 24.1. The maximum Gasteiger partial charge on any atom is 0.326 e. The van der Waals surface area contributed by atoms with Gasteiger partial charge in [0.15, 0.2) is 0 Å². The second-order valence-corrected chi connectivity index (χ2v) is 6.59. The van der Waals surface area contributed by atoms with Gasteiger partial charge in [0.2, 0.25) is 11.8 Å². The molecule has 2 rings (SSSR count). The van der Waals surface area contributed by atoms with Crippen molar-refractivity contribution in [3.05, 3.63) is 0 Å². The lowest BCUT2D eigenvalue weighted by atomic mass is 9.94. The molecule has 3 atom stereocenters. The van der Waals surface area contributed by atoms with Gasteiger partial charge in [0.1, 0.15) is 12.1 Å². The molecule has 0 aromatic heterocycles. The van der Waals surface area contributed by atoms with Crippen LogP contribution in [-0.2, 0) is 19.2 Å². The minimum Gasteiger partial charge on any atom is -0.481 e. The number of carbonyl (C=O) groups is 4. The van der Waals surface area contributed by atoms with Gasteiger partial charge in [-0.3, -0.25) is 14.4 Å². The van der Waals surface area contributed by atoms with Crippen LogP contribution < -0.4 is 10.6 Å². The molecule has 2 heterocycles. The molecular weight excluding hydrogens is 330 g/mol. The highest BCUT2D eigenvalue weighted by molar-refractivity contribution is 5.91. The zero-order chi connectivity index (χ0) is 18.4. The van der Waals surface area contributed by atoms with Crippen LogP contribution >= 0.6 is 0 Å². The molecule has 2 amide bonds. The van der Waals surface area contributed by atoms with Gasteiger partial charge in [0, 0.05) is 6.54 Å². The largest absolute Gasteiger partial charge is 0.481 e. The standard InChI is InChI=1S/C16H25N3O6/c20-13-9-17-6-2-1-4-10(15(22)23)8-11(16(24)25)18-14(21)12-5-3-7-19(12)13/h10-12,17H,1-9H2,(H,18,21)(H,22,23)(H,24,25)/t10-,11-,12-/m0/s1. The van der Waals surface area contributed by atoms with Crippen molar-refractivity contribution >= 4 is 23.8 Å². The van der Waals surface area contributed by atoms with Gasteiger partial charge >= 0.3 is 11.9 Å². The van der Waals surface area contributed by atoms with Gasteiger partial charge in [-0.1, -0.05) is 6.42 Å². The second-order valence-electron chi connectivity index (χ2n) is 6.59. The molecule has 140 valence electrons. The van der Waals surface area contributed by atoms with Crippen molar-refractivity contribution in [3.63, 3.8) is 0 Å². The van der Waals surface area contributed by atoms with Gasteiger partial charge in [-0.15, -0.1) is 0 Å². The lowest BCUT2D eigenvalue weighted by Crippen LogP contribution is -2.52. The van der Waals surface area contributed by atoms with Crippen LogP contribution in [0.5, 0.6) is 0 Å². The van der Waals surface area contributed by atoms with Gasteiger partial charge in [0.05, 0.1) is 12.5 Å². The molecule has 9 heteroatoms. The van der Waals surface area contributed by atoms with E-state index < -0.39 is 35.8 Å². The highest BCUT2D eigenvalue weighted by atomic mass is 16.4. The average molecular weight is 355 g/mol. The molecule has 2 aliphatic heterocycles. The summed E-state index contributed by atoms with van der Waals surface area (Å²) in [7, 11) is 0.